The molecule has 1 aliphatic carbocycles. The number of halogens is 3. The van der Waals surface area contributed by atoms with Gasteiger partial charge in [-0.05, 0) is 95.5 Å². The van der Waals surface area contributed by atoms with Crippen molar-refractivity contribution in [1.29, 1.82) is 0 Å². The molecular formula is C41H27F3. The number of alkyl halides is 3. The van der Waals surface area contributed by atoms with Gasteiger partial charge in [-0.1, -0.05) is 127 Å². The monoisotopic (exact) mass is 576 g/mol. The topological polar surface area (TPSA) is 0 Å². The Morgan fingerprint density at radius 2 is 1.18 bits per heavy atom. The van der Waals surface area contributed by atoms with Gasteiger partial charge in [0.1, 0.15) is 0 Å². The molecule has 0 aliphatic heterocycles. The maximum absolute atomic E-state index is 14.1. The maximum Gasteiger partial charge on any atom is 0.416 e. The highest BCUT2D eigenvalue weighted by atomic mass is 19.4. The molecule has 0 saturated heterocycles. The van der Waals surface area contributed by atoms with E-state index in [9.17, 15) is 13.2 Å². The summed E-state index contributed by atoms with van der Waals surface area (Å²) >= 11 is 0. The van der Waals surface area contributed by atoms with Gasteiger partial charge in [0, 0.05) is 5.92 Å². The van der Waals surface area contributed by atoms with Crippen LogP contribution in [0.25, 0.3) is 59.8 Å². The highest BCUT2D eigenvalue weighted by Gasteiger charge is 2.31. The van der Waals surface area contributed by atoms with E-state index in [0.717, 1.165) is 55.6 Å². The highest BCUT2D eigenvalue weighted by molar-refractivity contribution is 6.20. The predicted octanol–water partition coefficient (Wildman–Crippen LogP) is 12.1. The van der Waals surface area contributed by atoms with Gasteiger partial charge in [-0.15, -0.1) is 0 Å². The molecule has 212 valence electrons. The molecule has 0 bridgehead atoms. The third-order valence-electron chi connectivity index (χ3n) is 9.00. The Morgan fingerprint density at radius 1 is 0.523 bits per heavy atom. The normalized spacial score (nSPS) is 15.3. The maximum atomic E-state index is 14.1. The van der Waals surface area contributed by atoms with Crippen molar-refractivity contribution in [3.05, 3.63) is 162 Å². The van der Waals surface area contributed by atoms with Gasteiger partial charge in [-0.2, -0.15) is 13.2 Å². The van der Waals surface area contributed by atoms with Crippen molar-refractivity contribution in [2.45, 2.75) is 18.5 Å². The Labute approximate surface area is 253 Å². The highest BCUT2D eigenvalue weighted by Crippen LogP contribution is 2.46. The Bertz CT molecular complexity index is 2300. The van der Waals surface area contributed by atoms with Gasteiger partial charge in [0.05, 0.1) is 5.56 Å². The fourth-order valence-corrected chi connectivity index (χ4v) is 6.93. The Morgan fingerprint density at radius 3 is 1.93 bits per heavy atom. The molecule has 44 heavy (non-hydrogen) atoms. The van der Waals surface area contributed by atoms with Gasteiger partial charge in [0.15, 0.2) is 0 Å². The smallest absolute Gasteiger partial charge is 0.166 e. The zero-order valence-electron chi connectivity index (χ0n) is 23.8. The van der Waals surface area contributed by atoms with Crippen LogP contribution in [0, 0.1) is 0 Å². The average molecular weight is 577 g/mol. The van der Waals surface area contributed by atoms with Crippen LogP contribution in [0.5, 0.6) is 0 Å². The first-order valence-corrected chi connectivity index (χ1v) is 14.9. The first-order chi connectivity index (χ1) is 21.5. The quantitative estimate of drug-likeness (QED) is 0.184. The molecule has 0 N–H and O–H groups in total. The van der Waals surface area contributed by atoms with Crippen molar-refractivity contribution in [2.24, 2.45) is 0 Å². The lowest BCUT2D eigenvalue weighted by atomic mass is 9.81. The van der Waals surface area contributed by atoms with Gasteiger partial charge in [0.2, 0.25) is 0 Å². The van der Waals surface area contributed by atoms with Crippen molar-refractivity contribution in [1.82, 2.24) is 0 Å². The van der Waals surface area contributed by atoms with Crippen LogP contribution in [0.1, 0.15) is 29.0 Å². The summed E-state index contributed by atoms with van der Waals surface area (Å²) in [6.45, 7) is 0. The minimum Gasteiger partial charge on any atom is -0.166 e. The molecule has 3 heteroatoms. The van der Waals surface area contributed by atoms with Crippen LogP contribution in [0.3, 0.4) is 0 Å². The molecule has 0 saturated carbocycles. The summed E-state index contributed by atoms with van der Waals surface area (Å²) in [5.41, 5.74) is 4.38. The lowest BCUT2D eigenvalue weighted by molar-refractivity contribution is -0.137. The van der Waals surface area contributed by atoms with E-state index in [-0.39, 0.29) is 5.92 Å². The third-order valence-corrected chi connectivity index (χ3v) is 9.00. The zero-order chi connectivity index (χ0) is 29.8. The Kier molecular flexibility index (Phi) is 6.16. The van der Waals surface area contributed by atoms with E-state index in [2.05, 4.69) is 72.8 Å². The van der Waals surface area contributed by atoms with Crippen LogP contribution < -0.4 is 0 Å². The number of allylic oxidation sites excluding steroid dienone is 4. The fraction of sp³-hybridized carbons (Fsp3) is 0.0732. The molecule has 0 nitrogen and oxygen atoms in total. The molecule has 0 aromatic heterocycles. The van der Waals surface area contributed by atoms with E-state index in [0.29, 0.717) is 5.39 Å². The summed E-state index contributed by atoms with van der Waals surface area (Å²) < 4.78 is 42.4. The van der Waals surface area contributed by atoms with Crippen molar-refractivity contribution in [2.75, 3.05) is 0 Å². The molecule has 8 rings (SSSR count). The molecular weight excluding hydrogens is 549 g/mol. The van der Waals surface area contributed by atoms with Gasteiger partial charge in [-0.25, -0.2) is 0 Å². The summed E-state index contributed by atoms with van der Waals surface area (Å²) in [6.07, 6.45) is 3.02. The summed E-state index contributed by atoms with van der Waals surface area (Å²) in [7, 11) is 0. The molecule has 0 heterocycles. The molecule has 1 unspecified atom stereocenters. The number of fused-ring (bicyclic) bond motifs is 4. The van der Waals surface area contributed by atoms with Crippen LogP contribution >= 0.6 is 0 Å². The van der Waals surface area contributed by atoms with E-state index >= 15 is 0 Å². The van der Waals surface area contributed by atoms with Crippen LogP contribution in [-0.2, 0) is 6.18 Å². The van der Waals surface area contributed by atoms with Crippen LogP contribution in [0.15, 0.2) is 146 Å². The molecule has 0 radical (unpaired) electrons. The largest absolute Gasteiger partial charge is 0.416 e. The summed E-state index contributed by atoms with van der Waals surface area (Å²) in [4.78, 5) is 0. The number of rotatable bonds is 3. The van der Waals surface area contributed by atoms with Crippen LogP contribution in [-0.4, -0.2) is 0 Å². The predicted molar refractivity (Wildman–Crippen MR) is 178 cm³/mol. The molecule has 1 aliphatic rings. The lowest BCUT2D eigenvalue weighted by Gasteiger charge is -2.23. The van der Waals surface area contributed by atoms with Crippen molar-refractivity contribution in [3.8, 4) is 11.1 Å². The van der Waals surface area contributed by atoms with Crippen molar-refractivity contribution in [3.63, 3.8) is 0 Å². The minimum atomic E-state index is -4.45. The SMILES string of the molecule is FC(F)(F)c1ccc2c(C3=CCC(c4cccc5ccccc45)C=C3)c3ccccc3c(-c3ccc4ccccc4c3)c2c1. The number of hydrogen-bond donors (Lipinski definition) is 0. The molecule has 7 aromatic rings. The molecule has 0 spiro atoms. The van der Waals surface area contributed by atoms with Gasteiger partial charge < -0.3 is 0 Å². The Hall–Kier alpha value is -5.15. The van der Waals surface area contributed by atoms with E-state index in [1.807, 2.05) is 54.6 Å². The average Bonchev–Trinajstić information content (AvgIpc) is 3.06. The van der Waals surface area contributed by atoms with E-state index in [4.69, 9.17) is 0 Å². The summed E-state index contributed by atoms with van der Waals surface area (Å²) in [5, 5.41) is 8.00. The van der Waals surface area contributed by atoms with E-state index < -0.39 is 11.7 Å². The number of benzene rings is 7. The second-order valence-corrected chi connectivity index (χ2v) is 11.5. The van der Waals surface area contributed by atoms with Gasteiger partial charge >= 0.3 is 6.18 Å². The van der Waals surface area contributed by atoms with Crippen molar-refractivity contribution >= 4 is 48.7 Å². The summed E-state index contributed by atoms with van der Waals surface area (Å²) in [6, 6.07) is 41.4. The van der Waals surface area contributed by atoms with Crippen LogP contribution in [0.4, 0.5) is 13.2 Å². The fourth-order valence-electron chi connectivity index (χ4n) is 6.93. The van der Waals surface area contributed by atoms with Gasteiger partial charge in [0.25, 0.3) is 0 Å². The van der Waals surface area contributed by atoms with Gasteiger partial charge in [-0.3, -0.25) is 0 Å². The van der Waals surface area contributed by atoms with Crippen LogP contribution in [0.2, 0.25) is 0 Å². The van der Waals surface area contributed by atoms with E-state index in [1.165, 1.54) is 28.5 Å². The Balaban J connectivity index is 1.35. The first-order valence-electron chi connectivity index (χ1n) is 14.9. The lowest BCUT2D eigenvalue weighted by Crippen LogP contribution is -2.05. The molecule has 1 atom stereocenters. The molecule has 0 fully saturated rings. The molecule has 0 amide bonds. The zero-order valence-corrected chi connectivity index (χ0v) is 23.8. The third kappa shape index (κ3) is 4.39. The molecule has 7 aromatic carbocycles. The second-order valence-electron chi connectivity index (χ2n) is 11.5. The minimum absolute atomic E-state index is 0.219. The van der Waals surface area contributed by atoms with Crippen molar-refractivity contribution < 1.29 is 13.2 Å². The summed E-state index contributed by atoms with van der Waals surface area (Å²) in [5.74, 6) is 0.219. The number of hydrogen-bond acceptors (Lipinski definition) is 0. The van der Waals surface area contributed by atoms with E-state index in [1.54, 1.807) is 6.07 Å². The second kappa shape index (κ2) is 10.2. The standard InChI is InChI=1S/C41H27F3/c42-41(43,44)32-22-23-37-38(25-32)40(31-21-16-26-8-1-2-10-30(26)24-31)36-14-6-5-13-35(36)39(37)29-19-17-28(18-20-29)34-15-7-11-27-9-3-4-12-33(27)34/h1-17,19-25,28H,18H2. The first kappa shape index (κ1) is 26.5.